The maximum atomic E-state index is 12.7. The number of hydrogen-bond donors (Lipinski definition) is 1. The first-order valence-corrected chi connectivity index (χ1v) is 11.6. The molecule has 1 unspecified atom stereocenters. The van der Waals surface area contributed by atoms with Crippen LogP contribution in [-0.4, -0.2) is 41.3 Å². The number of rotatable bonds is 7. The largest absolute Gasteiger partial charge is 0.355 e. The molecule has 4 rings (SSSR count). The molecular weight excluding hydrogens is 358 g/mol. The van der Waals surface area contributed by atoms with Crippen molar-refractivity contribution in [1.82, 2.24) is 15.2 Å². The van der Waals surface area contributed by atoms with Gasteiger partial charge in [0.15, 0.2) is 0 Å². The van der Waals surface area contributed by atoms with Crippen molar-refractivity contribution in [1.29, 1.82) is 0 Å². The third kappa shape index (κ3) is 5.09. The van der Waals surface area contributed by atoms with Gasteiger partial charge in [-0.3, -0.25) is 9.59 Å². The van der Waals surface area contributed by atoms with Gasteiger partial charge >= 0.3 is 0 Å². The molecule has 1 saturated heterocycles. The summed E-state index contributed by atoms with van der Waals surface area (Å²) in [6.07, 6.45) is 10.9. The second-order valence-corrected chi connectivity index (χ2v) is 9.42. The second kappa shape index (κ2) is 8.72. The van der Waals surface area contributed by atoms with Crippen LogP contribution >= 0.6 is 11.3 Å². The van der Waals surface area contributed by atoms with Crippen molar-refractivity contribution in [3.8, 4) is 0 Å². The summed E-state index contributed by atoms with van der Waals surface area (Å²) in [7, 11) is 0. The fourth-order valence-electron chi connectivity index (χ4n) is 4.42. The third-order valence-corrected chi connectivity index (χ3v) is 7.32. The van der Waals surface area contributed by atoms with E-state index in [1.54, 1.807) is 11.3 Å². The molecule has 1 aromatic heterocycles. The van der Waals surface area contributed by atoms with E-state index in [0.717, 1.165) is 62.3 Å². The Morgan fingerprint density at radius 2 is 1.96 bits per heavy atom. The van der Waals surface area contributed by atoms with Crippen LogP contribution in [0.4, 0.5) is 0 Å². The van der Waals surface area contributed by atoms with Crippen LogP contribution in [0.5, 0.6) is 0 Å². The summed E-state index contributed by atoms with van der Waals surface area (Å²) in [5.74, 6) is 1.83. The van der Waals surface area contributed by atoms with Crippen LogP contribution in [0.3, 0.4) is 0 Å². The number of thiazole rings is 1. The van der Waals surface area contributed by atoms with Gasteiger partial charge in [0, 0.05) is 49.7 Å². The molecule has 148 valence electrons. The SMILES string of the molecule is O=C(NCCc1csc(C2CCCN(C(=O)CC3CCCC3)C2)n1)C1CC1. The predicted molar refractivity (Wildman–Crippen MR) is 107 cm³/mol. The summed E-state index contributed by atoms with van der Waals surface area (Å²) < 4.78 is 0. The van der Waals surface area contributed by atoms with Crippen LogP contribution in [0.25, 0.3) is 0 Å². The van der Waals surface area contributed by atoms with E-state index in [2.05, 4.69) is 15.6 Å². The normalized spacial score (nSPS) is 23.6. The Hall–Kier alpha value is -1.43. The lowest BCUT2D eigenvalue weighted by atomic mass is 9.97. The fourth-order valence-corrected chi connectivity index (χ4v) is 5.41. The van der Waals surface area contributed by atoms with Crippen LogP contribution in [-0.2, 0) is 16.0 Å². The first kappa shape index (κ1) is 18.9. The van der Waals surface area contributed by atoms with Gasteiger partial charge < -0.3 is 10.2 Å². The minimum Gasteiger partial charge on any atom is -0.355 e. The molecule has 3 aliphatic rings. The molecule has 3 fully saturated rings. The van der Waals surface area contributed by atoms with Crippen LogP contribution in [0.2, 0.25) is 0 Å². The van der Waals surface area contributed by atoms with Crippen molar-refractivity contribution >= 4 is 23.2 Å². The molecule has 0 radical (unpaired) electrons. The number of nitrogens with zero attached hydrogens (tertiary/aromatic N) is 2. The van der Waals surface area contributed by atoms with Crippen molar-refractivity contribution in [3.05, 3.63) is 16.1 Å². The van der Waals surface area contributed by atoms with Gasteiger partial charge in [-0.2, -0.15) is 0 Å². The van der Waals surface area contributed by atoms with Gasteiger partial charge in [0.25, 0.3) is 0 Å². The Morgan fingerprint density at radius 1 is 1.15 bits per heavy atom. The van der Waals surface area contributed by atoms with Crippen molar-refractivity contribution in [2.45, 2.75) is 70.1 Å². The van der Waals surface area contributed by atoms with Crippen LogP contribution in [0.1, 0.15) is 74.4 Å². The standard InChI is InChI=1S/C21H31N3O2S/c25-19(12-15-4-1-2-5-15)24-11-3-6-17(13-24)21-23-18(14-27-21)9-10-22-20(26)16-7-8-16/h14-17H,1-13H2,(H,22,26). The molecule has 1 aliphatic heterocycles. The number of piperidine rings is 1. The Labute approximate surface area is 165 Å². The van der Waals surface area contributed by atoms with Gasteiger partial charge in [-0.25, -0.2) is 4.98 Å². The number of carbonyl (C=O) groups is 2. The molecule has 2 amide bonds. The zero-order chi connectivity index (χ0) is 18.6. The Morgan fingerprint density at radius 3 is 2.74 bits per heavy atom. The van der Waals surface area contributed by atoms with Crippen molar-refractivity contribution in [2.75, 3.05) is 19.6 Å². The summed E-state index contributed by atoms with van der Waals surface area (Å²) in [4.78, 5) is 31.3. The highest BCUT2D eigenvalue weighted by Gasteiger charge is 2.30. The number of likely N-dealkylation sites (tertiary alicyclic amines) is 1. The predicted octanol–water partition coefficient (Wildman–Crippen LogP) is 3.50. The molecule has 2 aliphatic carbocycles. The number of hydrogen-bond acceptors (Lipinski definition) is 4. The topological polar surface area (TPSA) is 62.3 Å². The van der Waals surface area contributed by atoms with Crippen LogP contribution < -0.4 is 5.32 Å². The average molecular weight is 390 g/mol. The molecule has 2 heterocycles. The zero-order valence-electron chi connectivity index (χ0n) is 16.1. The minimum atomic E-state index is 0.203. The Kier molecular flexibility index (Phi) is 6.11. The molecule has 0 aromatic carbocycles. The maximum absolute atomic E-state index is 12.7. The molecule has 1 aromatic rings. The zero-order valence-corrected chi connectivity index (χ0v) is 16.9. The highest BCUT2D eigenvalue weighted by molar-refractivity contribution is 7.09. The smallest absolute Gasteiger partial charge is 0.223 e. The second-order valence-electron chi connectivity index (χ2n) is 8.53. The minimum absolute atomic E-state index is 0.203. The van der Waals surface area contributed by atoms with Crippen LogP contribution in [0.15, 0.2) is 5.38 Å². The van der Waals surface area contributed by atoms with Gasteiger partial charge in [0.1, 0.15) is 0 Å². The summed E-state index contributed by atoms with van der Waals surface area (Å²) >= 11 is 1.72. The number of amides is 2. The highest BCUT2D eigenvalue weighted by atomic mass is 32.1. The van der Waals surface area contributed by atoms with Crippen molar-refractivity contribution in [3.63, 3.8) is 0 Å². The van der Waals surface area contributed by atoms with Crippen LogP contribution in [0, 0.1) is 11.8 Å². The molecular formula is C21H31N3O2S. The molecule has 2 saturated carbocycles. The summed E-state index contributed by atoms with van der Waals surface area (Å²) in [5.41, 5.74) is 1.07. The van der Waals surface area contributed by atoms with E-state index in [1.165, 1.54) is 25.7 Å². The summed E-state index contributed by atoms with van der Waals surface area (Å²) in [6.45, 7) is 2.42. The molecule has 5 nitrogen and oxygen atoms in total. The van der Waals surface area contributed by atoms with Gasteiger partial charge in [-0.05, 0) is 44.4 Å². The van der Waals surface area contributed by atoms with E-state index in [1.807, 2.05) is 0 Å². The lowest BCUT2D eigenvalue weighted by Gasteiger charge is -2.32. The van der Waals surface area contributed by atoms with Crippen molar-refractivity contribution in [2.24, 2.45) is 11.8 Å². The van der Waals surface area contributed by atoms with E-state index < -0.39 is 0 Å². The van der Waals surface area contributed by atoms with Gasteiger partial charge in [-0.15, -0.1) is 11.3 Å². The summed E-state index contributed by atoms with van der Waals surface area (Å²) in [6, 6.07) is 0. The van der Waals surface area contributed by atoms with Crippen molar-refractivity contribution < 1.29 is 9.59 Å². The molecule has 0 bridgehead atoms. The van der Waals surface area contributed by atoms with E-state index in [0.29, 0.717) is 24.3 Å². The first-order valence-electron chi connectivity index (χ1n) is 10.7. The molecule has 27 heavy (non-hydrogen) atoms. The quantitative estimate of drug-likeness (QED) is 0.776. The Balaban J connectivity index is 1.25. The van der Waals surface area contributed by atoms with E-state index in [9.17, 15) is 9.59 Å². The molecule has 0 spiro atoms. The molecule has 1 N–H and O–H groups in total. The van der Waals surface area contributed by atoms with E-state index in [-0.39, 0.29) is 11.8 Å². The maximum Gasteiger partial charge on any atom is 0.223 e. The van der Waals surface area contributed by atoms with Gasteiger partial charge in [-0.1, -0.05) is 12.8 Å². The molecule has 1 atom stereocenters. The van der Waals surface area contributed by atoms with E-state index in [4.69, 9.17) is 4.98 Å². The third-order valence-electron chi connectivity index (χ3n) is 6.26. The molecule has 6 heteroatoms. The lowest BCUT2D eigenvalue weighted by Crippen LogP contribution is -2.39. The highest BCUT2D eigenvalue weighted by Crippen LogP contribution is 2.32. The first-order chi connectivity index (χ1) is 13.2. The number of carbonyl (C=O) groups excluding carboxylic acids is 2. The number of aromatic nitrogens is 1. The monoisotopic (exact) mass is 389 g/mol. The van der Waals surface area contributed by atoms with Gasteiger partial charge in [0.05, 0.1) is 10.7 Å². The fraction of sp³-hybridized carbons (Fsp3) is 0.762. The van der Waals surface area contributed by atoms with E-state index >= 15 is 0 Å². The Bertz CT molecular complexity index is 664. The number of nitrogens with one attached hydrogen (secondary N) is 1. The lowest BCUT2D eigenvalue weighted by molar-refractivity contribution is -0.133. The average Bonchev–Trinajstić information content (AvgIpc) is 3.21. The summed E-state index contributed by atoms with van der Waals surface area (Å²) in [5, 5.41) is 6.30. The van der Waals surface area contributed by atoms with Gasteiger partial charge in [0.2, 0.25) is 11.8 Å².